The van der Waals surface area contributed by atoms with Crippen LogP contribution in [0.3, 0.4) is 0 Å². The molecule has 2 aromatic carbocycles. The van der Waals surface area contributed by atoms with E-state index in [0.29, 0.717) is 31.1 Å². The molecule has 39 heavy (non-hydrogen) atoms. The van der Waals surface area contributed by atoms with E-state index in [2.05, 4.69) is 25.5 Å². The number of rotatable bonds is 11. The van der Waals surface area contributed by atoms with Crippen molar-refractivity contribution < 1.29 is 23.8 Å². The van der Waals surface area contributed by atoms with Crippen molar-refractivity contribution in [3.8, 4) is 22.6 Å². The molecule has 0 saturated carbocycles. The molecule has 2 heterocycles. The Morgan fingerprint density at radius 1 is 1.15 bits per heavy atom. The van der Waals surface area contributed by atoms with Crippen molar-refractivity contribution in [2.24, 2.45) is 0 Å². The average Bonchev–Trinajstić information content (AvgIpc) is 3.37. The van der Waals surface area contributed by atoms with Crippen molar-refractivity contribution in [2.75, 3.05) is 19.0 Å². The predicted molar refractivity (Wildman–Crippen MR) is 146 cm³/mol. The van der Waals surface area contributed by atoms with Gasteiger partial charge < -0.3 is 19.9 Å². The van der Waals surface area contributed by atoms with Crippen molar-refractivity contribution in [3.05, 3.63) is 83.3 Å². The van der Waals surface area contributed by atoms with Gasteiger partial charge in [0, 0.05) is 12.6 Å². The van der Waals surface area contributed by atoms with Gasteiger partial charge in [0.05, 0.1) is 19.3 Å². The number of hydrogen-bond donors (Lipinski definition) is 3. The Bertz CT molecular complexity index is 1450. The van der Waals surface area contributed by atoms with Crippen LogP contribution in [0.1, 0.15) is 54.3 Å². The molecule has 9 nitrogen and oxygen atoms in total. The quantitative estimate of drug-likeness (QED) is 0.229. The van der Waals surface area contributed by atoms with Crippen LogP contribution in [0.25, 0.3) is 11.1 Å². The van der Waals surface area contributed by atoms with Gasteiger partial charge in [0.1, 0.15) is 17.4 Å². The monoisotopic (exact) mass is 533 g/mol. The van der Waals surface area contributed by atoms with Gasteiger partial charge in [-0.1, -0.05) is 12.1 Å². The number of anilines is 1. The summed E-state index contributed by atoms with van der Waals surface area (Å²) in [6.07, 6.45) is 3.32. The lowest BCUT2D eigenvalue weighted by atomic mass is 10.0. The molecule has 4 rings (SSSR count). The van der Waals surface area contributed by atoms with E-state index in [1.165, 1.54) is 13.2 Å². The third-order valence-corrected chi connectivity index (χ3v) is 6.05. The maximum atomic E-state index is 13.7. The van der Waals surface area contributed by atoms with Crippen LogP contribution in [0.5, 0.6) is 11.5 Å². The summed E-state index contributed by atoms with van der Waals surface area (Å²) >= 11 is 0. The molecule has 0 saturated heterocycles. The largest absolute Gasteiger partial charge is 0.494 e. The van der Waals surface area contributed by atoms with Crippen molar-refractivity contribution >= 4 is 11.7 Å². The number of benzene rings is 2. The normalized spacial score (nSPS) is 11.3. The van der Waals surface area contributed by atoms with Crippen LogP contribution in [0, 0.1) is 12.7 Å². The van der Waals surface area contributed by atoms with E-state index in [1.54, 1.807) is 38.2 Å². The molecule has 0 unspecified atom stereocenters. The van der Waals surface area contributed by atoms with Crippen LogP contribution in [-0.2, 0) is 6.42 Å². The fourth-order valence-electron chi connectivity index (χ4n) is 4.02. The Kier molecular flexibility index (Phi) is 8.55. The highest BCUT2D eigenvalue weighted by atomic mass is 19.1. The topological polar surface area (TPSA) is 122 Å². The van der Waals surface area contributed by atoms with Crippen LogP contribution in [-0.4, -0.2) is 50.5 Å². The molecule has 0 atom stereocenters. The van der Waals surface area contributed by atoms with Gasteiger partial charge in [0.25, 0.3) is 5.91 Å². The van der Waals surface area contributed by atoms with E-state index >= 15 is 0 Å². The third-order valence-electron chi connectivity index (χ3n) is 6.05. The summed E-state index contributed by atoms with van der Waals surface area (Å²) in [5, 5.41) is 19.4. The van der Waals surface area contributed by atoms with E-state index < -0.39 is 17.3 Å². The number of aromatic nitrogens is 4. The molecular formula is C29H32FN5O4. The fraction of sp³-hybridized carbons (Fsp3) is 0.310. The van der Waals surface area contributed by atoms with Gasteiger partial charge in [0.15, 0.2) is 11.6 Å². The summed E-state index contributed by atoms with van der Waals surface area (Å²) in [6, 6.07) is 14.0. The van der Waals surface area contributed by atoms with Gasteiger partial charge in [-0.05, 0) is 92.3 Å². The Balaban J connectivity index is 1.42. The van der Waals surface area contributed by atoms with E-state index in [9.17, 15) is 14.3 Å². The van der Waals surface area contributed by atoms with Crippen molar-refractivity contribution in [3.63, 3.8) is 0 Å². The number of pyridine rings is 1. The number of aliphatic hydroxyl groups is 1. The lowest BCUT2D eigenvalue weighted by Gasteiger charge is -2.17. The molecule has 0 bridgehead atoms. The van der Waals surface area contributed by atoms with Gasteiger partial charge in [-0.25, -0.2) is 14.4 Å². The molecule has 0 spiro atoms. The zero-order valence-electron chi connectivity index (χ0n) is 22.4. The minimum Gasteiger partial charge on any atom is -0.494 e. The molecule has 0 aliphatic heterocycles. The summed E-state index contributed by atoms with van der Waals surface area (Å²) in [5.41, 5.74) is 2.88. The first-order chi connectivity index (χ1) is 18.6. The summed E-state index contributed by atoms with van der Waals surface area (Å²) in [7, 11) is 1.40. The van der Waals surface area contributed by atoms with Gasteiger partial charge in [-0.3, -0.25) is 9.89 Å². The number of nitrogens with one attached hydrogen (secondary N) is 2. The molecular weight excluding hydrogens is 501 g/mol. The Hall–Kier alpha value is -4.31. The van der Waals surface area contributed by atoms with Gasteiger partial charge in [-0.2, -0.15) is 0 Å². The molecule has 3 N–H and O–H groups in total. The number of nitrogens with zero attached hydrogens (tertiary/aromatic N) is 3. The highest BCUT2D eigenvalue weighted by Crippen LogP contribution is 2.29. The second-order valence-electron chi connectivity index (χ2n) is 9.88. The number of amides is 1. The molecule has 4 aromatic rings. The van der Waals surface area contributed by atoms with E-state index in [1.807, 2.05) is 31.2 Å². The highest BCUT2D eigenvalue weighted by Gasteiger charge is 2.16. The number of ether oxygens (including phenoxy) is 2. The predicted octanol–water partition coefficient (Wildman–Crippen LogP) is 5.10. The number of aromatic amines is 1. The van der Waals surface area contributed by atoms with Gasteiger partial charge in [-0.15, -0.1) is 5.10 Å². The lowest BCUT2D eigenvalue weighted by molar-refractivity contribution is 0.0641. The third kappa shape index (κ3) is 7.61. The highest BCUT2D eigenvalue weighted by molar-refractivity contribution is 6.01. The van der Waals surface area contributed by atoms with Crippen molar-refractivity contribution in [2.45, 2.75) is 45.6 Å². The van der Waals surface area contributed by atoms with Crippen LogP contribution in [0.15, 0.2) is 54.7 Å². The summed E-state index contributed by atoms with van der Waals surface area (Å²) in [4.78, 5) is 21.3. The first-order valence-corrected chi connectivity index (χ1v) is 12.6. The van der Waals surface area contributed by atoms with Crippen molar-refractivity contribution in [1.29, 1.82) is 0 Å². The second kappa shape index (κ2) is 12.0. The molecule has 0 radical (unpaired) electrons. The van der Waals surface area contributed by atoms with Crippen molar-refractivity contribution in [1.82, 2.24) is 20.2 Å². The summed E-state index contributed by atoms with van der Waals surface area (Å²) in [6.45, 7) is 6.06. The first-order valence-electron chi connectivity index (χ1n) is 12.6. The maximum Gasteiger partial charge on any atom is 0.296 e. The Morgan fingerprint density at radius 3 is 2.74 bits per heavy atom. The number of methoxy groups -OCH3 is 1. The summed E-state index contributed by atoms with van der Waals surface area (Å²) in [5.74, 6) is 0.650. The first kappa shape index (κ1) is 27.7. The van der Waals surface area contributed by atoms with Crippen LogP contribution < -0.4 is 14.8 Å². The Labute approximate surface area is 226 Å². The molecule has 0 fully saturated rings. The van der Waals surface area contributed by atoms with E-state index in [-0.39, 0.29) is 11.6 Å². The minimum absolute atomic E-state index is 0.0380. The SMILES string of the molecule is COc1cc(Cc2nc(C(=O)Nc3cc(-c4cc(OCCCC(C)(C)O)ccc4C)ccn3)n[nH]2)ccc1F. The minimum atomic E-state index is -0.719. The fourth-order valence-corrected chi connectivity index (χ4v) is 4.02. The molecule has 1 amide bonds. The second-order valence-corrected chi connectivity index (χ2v) is 9.88. The standard InChI is InChI=1S/C29H32FN5O4/c1-18-6-8-21(39-13-5-11-29(2,3)37)17-22(18)20-10-12-31-25(16-20)33-28(36)27-32-26(34-35-27)15-19-7-9-23(30)24(14-19)38-4/h6-10,12,14,16-17,37H,5,11,13,15H2,1-4H3,(H,31,33,36)(H,32,34,35). The van der Waals surface area contributed by atoms with Gasteiger partial charge >= 0.3 is 0 Å². The zero-order chi connectivity index (χ0) is 28.0. The smallest absolute Gasteiger partial charge is 0.296 e. The van der Waals surface area contributed by atoms with E-state index in [0.717, 1.165) is 34.4 Å². The number of carbonyl (C=O) groups is 1. The molecule has 0 aliphatic carbocycles. The van der Waals surface area contributed by atoms with Crippen LogP contribution in [0.2, 0.25) is 0 Å². The number of H-pyrrole nitrogens is 1. The van der Waals surface area contributed by atoms with Crippen LogP contribution in [0.4, 0.5) is 10.2 Å². The Morgan fingerprint density at radius 2 is 1.97 bits per heavy atom. The zero-order valence-corrected chi connectivity index (χ0v) is 22.4. The number of aryl methyl sites for hydroxylation is 1. The van der Waals surface area contributed by atoms with Crippen LogP contribution >= 0.6 is 0 Å². The summed E-state index contributed by atoms with van der Waals surface area (Å²) < 4.78 is 24.6. The molecule has 204 valence electrons. The van der Waals surface area contributed by atoms with E-state index in [4.69, 9.17) is 9.47 Å². The lowest BCUT2D eigenvalue weighted by Crippen LogP contribution is -2.19. The average molecular weight is 534 g/mol. The van der Waals surface area contributed by atoms with Gasteiger partial charge in [0.2, 0.25) is 5.82 Å². The number of halogens is 1. The molecule has 10 heteroatoms. The number of hydrogen-bond acceptors (Lipinski definition) is 7. The maximum absolute atomic E-state index is 13.7. The molecule has 0 aliphatic rings. The number of carbonyl (C=O) groups excluding carboxylic acids is 1. The molecule has 2 aromatic heterocycles.